The Bertz CT molecular complexity index is 1110. The molecule has 4 heterocycles. The van der Waals surface area contributed by atoms with Crippen molar-refractivity contribution in [1.29, 1.82) is 0 Å². The van der Waals surface area contributed by atoms with Crippen LogP contribution in [0.15, 0.2) is 47.4 Å². The highest BCUT2D eigenvalue weighted by Crippen LogP contribution is 2.32. The van der Waals surface area contributed by atoms with Crippen molar-refractivity contribution in [2.45, 2.75) is 18.8 Å². The Kier molecular flexibility index (Phi) is 4.30. The molecular formula is C19H20ClN5O. The lowest BCUT2D eigenvalue weighted by molar-refractivity contribution is 0.446. The van der Waals surface area contributed by atoms with Crippen molar-refractivity contribution >= 4 is 29.0 Å². The van der Waals surface area contributed by atoms with Gasteiger partial charge in [-0.1, -0.05) is 12.1 Å². The molecule has 0 atom stereocenters. The lowest BCUT2D eigenvalue weighted by Crippen LogP contribution is -2.28. The highest BCUT2D eigenvalue weighted by Gasteiger charge is 2.21. The molecule has 0 spiro atoms. The van der Waals surface area contributed by atoms with Crippen molar-refractivity contribution in [2.75, 3.05) is 13.1 Å². The molecule has 3 N–H and O–H groups in total. The molecule has 0 radical (unpaired) electrons. The topological polar surface area (TPSA) is 78.0 Å². The van der Waals surface area contributed by atoms with Crippen LogP contribution in [0.2, 0.25) is 0 Å². The molecule has 1 aliphatic heterocycles. The number of benzene rings is 1. The molecule has 134 valence electrons. The summed E-state index contributed by atoms with van der Waals surface area (Å²) in [5, 5.41) is 9.18. The largest absolute Gasteiger partial charge is 0.361 e. The maximum Gasteiger partial charge on any atom is 0.251 e. The number of nitrogens with zero attached hydrogens (tertiary/aromatic N) is 2. The number of halogens is 1. The maximum absolute atomic E-state index is 12.4. The molecule has 7 heteroatoms. The smallest absolute Gasteiger partial charge is 0.251 e. The SMILES string of the molecule is Cl.O=c1cc(C2CCNCC2)n2nc3cccc(-c4ccc[nH]4)c3c2[nH]1. The van der Waals surface area contributed by atoms with E-state index in [9.17, 15) is 4.79 Å². The number of aromatic amines is 2. The van der Waals surface area contributed by atoms with Gasteiger partial charge in [0.15, 0.2) is 0 Å². The Balaban J connectivity index is 0.00000168. The summed E-state index contributed by atoms with van der Waals surface area (Å²) in [4.78, 5) is 18.6. The van der Waals surface area contributed by atoms with Crippen molar-refractivity contribution in [3.8, 4) is 11.3 Å². The van der Waals surface area contributed by atoms with E-state index in [0.29, 0.717) is 5.92 Å². The monoisotopic (exact) mass is 369 g/mol. The number of rotatable bonds is 2. The summed E-state index contributed by atoms with van der Waals surface area (Å²) in [7, 11) is 0. The molecule has 26 heavy (non-hydrogen) atoms. The zero-order chi connectivity index (χ0) is 16.8. The molecule has 5 rings (SSSR count). The first-order valence-corrected chi connectivity index (χ1v) is 8.70. The van der Waals surface area contributed by atoms with Crippen LogP contribution >= 0.6 is 12.4 Å². The second-order valence-corrected chi connectivity index (χ2v) is 6.63. The Labute approximate surface area is 156 Å². The lowest BCUT2D eigenvalue weighted by atomic mass is 9.94. The standard InChI is InChI=1S/C19H19N5O.ClH/c25-17-11-16(12-6-9-20-10-7-12)24-19(22-17)18-13(14-5-2-8-21-14)3-1-4-15(18)23-24;/h1-5,8,11-12,20-21H,6-7,9-10H2,(H,22,25);1H. The van der Waals surface area contributed by atoms with E-state index in [0.717, 1.165) is 59.4 Å². The van der Waals surface area contributed by atoms with Gasteiger partial charge in [-0.15, -0.1) is 12.4 Å². The zero-order valence-corrected chi connectivity index (χ0v) is 15.0. The fraction of sp³-hybridized carbons (Fsp3) is 0.263. The van der Waals surface area contributed by atoms with Crippen LogP contribution in [0.1, 0.15) is 24.5 Å². The van der Waals surface area contributed by atoms with Crippen LogP contribution in [0.4, 0.5) is 0 Å². The highest BCUT2D eigenvalue weighted by molar-refractivity contribution is 6.03. The molecule has 1 saturated heterocycles. The van der Waals surface area contributed by atoms with Crippen LogP contribution in [-0.4, -0.2) is 32.7 Å². The van der Waals surface area contributed by atoms with Crippen molar-refractivity contribution in [3.05, 3.63) is 58.6 Å². The molecular weight excluding hydrogens is 350 g/mol. The van der Waals surface area contributed by atoms with E-state index < -0.39 is 0 Å². The third-order valence-corrected chi connectivity index (χ3v) is 5.11. The molecule has 0 saturated carbocycles. The van der Waals surface area contributed by atoms with E-state index >= 15 is 0 Å². The summed E-state index contributed by atoms with van der Waals surface area (Å²) < 4.78 is 1.94. The van der Waals surface area contributed by atoms with Gasteiger partial charge in [0.25, 0.3) is 5.56 Å². The summed E-state index contributed by atoms with van der Waals surface area (Å²) in [6.45, 7) is 1.96. The third-order valence-electron chi connectivity index (χ3n) is 5.11. The van der Waals surface area contributed by atoms with E-state index in [2.05, 4.69) is 21.4 Å². The first kappa shape index (κ1) is 16.9. The second-order valence-electron chi connectivity index (χ2n) is 6.63. The van der Waals surface area contributed by atoms with Crippen LogP contribution in [-0.2, 0) is 0 Å². The second kappa shape index (κ2) is 6.63. The number of nitrogens with one attached hydrogen (secondary N) is 3. The average molecular weight is 370 g/mol. The molecule has 1 fully saturated rings. The number of hydrogen-bond acceptors (Lipinski definition) is 3. The Hall–Kier alpha value is -2.57. The number of hydrogen-bond donors (Lipinski definition) is 3. The number of aromatic nitrogens is 4. The molecule has 1 aromatic carbocycles. The van der Waals surface area contributed by atoms with Gasteiger partial charge in [-0.2, -0.15) is 5.10 Å². The van der Waals surface area contributed by atoms with Crippen LogP contribution in [0, 0.1) is 0 Å². The van der Waals surface area contributed by atoms with E-state index in [4.69, 9.17) is 5.10 Å². The Morgan fingerprint density at radius 2 is 1.96 bits per heavy atom. The zero-order valence-electron chi connectivity index (χ0n) is 14.2. The quantitative estimate of drug-likeness (QED) is 0.508. The number of fused-ring (bicyclic) bond motifs is 3. The molecule has 0 unspecified atom stereocenters. The van der Waals surface area contributed by atoms with Gasteiger partial charge >= 0.3 is 0 Å². The number of piperidine rings is 1. The maximum atomic E-state index is 12.4. The van der Waals surface area contributed by atoms with Crippen LogP contribution < -0.4 is 10.9 Å². The lowest BCUT2D eigenvalue weighted by Gasteiger charge is -2.23. The van der Waals surface area contributed by atoms with Gasteiger partial charge in [0.2, 0.25) is 0 Å². The molecule has 1 aliphatic rings. The van der Waals surface area contributed by atoms with E-state index in [-0.39, 0.29) is 18.0 Å². The highest BCUT2D eigenvalue weighted by atomic mass is 35.5. The predicted octanol–water partition coefficient (Wildman–Crippen LogP) is 3.06. The number of H-pyrrole nitrogens is 2. The van der Waals surface area contributed by atoms with E-state index in [1.165, 1.54) is 0 Å². The summed E-state index contributed by atoms with van der Waals surface area (Å²) in [5.74, 6) is 0.356. The van der Waals surface area contributed by atoms with Crippen molar-refractivity contribution in [3.63, 3.8) is 0 Å². The van der Waals surface area contributed by atoms with Gasteiger partial charge in [-0.25, -0.2) is 4.52 Å². The van der Waals surface area contributed by atoms with Gasteiger partial charge in [0, 0.05) is 29.4 Å². The van der Waals surface area contributed by atoms with Gasteiger partial charge in [0.05, 0.1) is 16.6 Å². The van der Waals surface area contributed by atoms with Crippen LogP contribution in [0.3, 0.4) is 0 Å². The minimum absolute atomic E-state index is 0. The van der Waals surface area contributed by atoms with Crippen LogP contribution in [0.25, 0.3) is 27.8 Å². The summed E-state index contributed by atoms with van der Waals surface area (Å²) in [6, 6.07) is 11.8. The van der Waals surface area contributed by atoms with Gasteiger partial charge < -0.3 is 15.3 Å². The normalized spacial score (nSPS) is 15.4. The minimum atomic E-state index is -0.0656. The van der Waals surface area contributed by atoms with Crippen LogP contribution in [0.5, 0.6) is 0 Å². The van der Waals surface area contributed by atoms with Gasteiger partial charge in [-0.3, -0.25) is 4.79 Å². The fourth-order valence-electron chi connectivity index (χ4n) is 3.92. The molecule has 3 aromatic heterocycles. The van der Waals surface area contributed by atoms with E-state index in [1.54, 1.807) is 6.07 Å². The minimum Gasteiger partial charge on any atom is -0.361 e. The molecule has 6 nitrogen and oxygen atoms in total. The summed E-state index contributed by atoms with van der Waals surface area (Å²) >= 11 is 0. The Morgan fingerprint density at radius 1 is 1.12 bits per heavy atom. The third kappa shape index (κ3) is 2.62. The molecule has 4 aromatic rings. The van der Waals surface area contributed by atoms with Crippen molar-refractivity contribution in [1.82, 2.24) is 24.9 Å². The van der Waals surface area contributed by atoms with Crippen molar-refractivity contribution in [2.24, 2.45) is 0 Å². The summed E-state index contributed by atoms with van der Waals surface area (Å²) in [6.07, 6.45) is 3.96. The van der Waals surface area contributed by atoms with Crippen molar-refractivity contribution < 1.29 is 0 Å². The first-order chi connectivity index (χ1) is 12.3. The molecule has 0 aliphatic carbocycles. The Morgan fingerprint density at radius 3 is 2.73 bits per heavy atom. The van der Waals surface area contributed by atoms with E-state index in [1.807, 2.05) is 35.0 Å². The fourth-order valence-corrected chi connectivity index (χ4v) is 3.92. The molecule has 0 amide bonds. The van der Waals surface area contributed by atoms with Gasteiger partial charge in [0.1, 0.15) is 5.65 Å². The first-order valence-electron chi connectivity index (χ1n) is 8.70. The average Bonchev–Trinajstić information content (AvgIpc) is 3.29. The predicted molar refractivity (Wildman–Crippen MR) is 105 cm³/mol. The molecule has 0 bridgehead atoms. The summed E-state index contributed by atoms with van der Waals surface area (Å²) in [5.41, 5.74) is 4.69. The van der Waals surface area contributed by atoms with Gasteiger partial charge in [-0.05, 0) is 44.1 Å².